The SMILES string of the molecule is CC(C)(C)OC(=O)N1CC[C@@H](Nc2cc(Br)ccc2N)C1.CC(C)(C)OC(=O)N1CC[C@@H](Nc2cc(Br)ccc2[N+](=O)[O-])C1.Cc1nc2ccc(B3OC(C)(C)C(C)(C)O3)cc2n1[C@@H]1CCN(C(=O)OC(C)(C)C)C1.Cc1nc2ccc(Br)cc2n1[C@@H]1CCN(C(=O)OC(C)(C)C)C1.O=[N+]([O-])c1ccc(Br)cc1F. The highest BCUT2D eigenvalue weighted by Crippen LogP contribution is 2.39. The normalized spacial score (nSPS) is 18.8. The zero-order valence-electron chi connectivity index (χ0n) is 65.2. The van der Waals surface area contributed by atoms with Gasteiger partial charge in [0, 0.05) is 94.5 Å². The lowest BCUT2D eigenvalue weighted by Crippen LogP contribution is -2.41. The van der Waals surface area contributed by atoms with Gasteiger partial charge in [-0.3, -0.25) is 20.2 Å². The van der Waals surface area contributed by atoms with Crippen molar-refractivity contribution < 1.29 is 61.7 Å². The Morgan fingerprint density at radius 3 is 1.28 bits per heavy atom. The zero-order valence-corrected chi connectivity index (χ0v) is 71.5. The fraction of sp³-hybridized carbons (Fsp3) is 0.526. The summed E-state index contributed by atoms with van der Waals surface area (Å²) in [4.78, 5) is 85.2. The van der Waals surface area contributed by atoms with Crippen molar-refractivity contribution in [3.8, 4) is 0 Å². The van der Waals surface area contributed by atoms with Crippen LogP contribution >= 0.6 is 63.7 Å². The van der Waals surface area contributed by atoms with Crippen LogP contribution in [0.1, 0.15) is 160 Å². The third-order valence-electron chi connectivity index (χ3n) is 18.3. The summed E-state index contributed by atoms with van der Waals surface area (Å²) in [6, 6.07) is 26.9. The zero-order chi connectivity index (χ0) is 80.8. The average Bonchev–Trinajstić information content (AvgIpc) is 1.61. The van der Waals surface area contributed by atoms with Crippen molar-refractivity contribution in [2.24, 2.45) is 0 Å². The number of nitrogens with two attached hydrogens (primary N) is 1. The Bertz CT molecular complexity index is 4450. The molecular weight excluding hydrogens is 1670 g/mol. The van der Waals surface area contributed by atoms with E-state index in [1.807, 2.05) is 139 Å². The molecule has 0 radical (unpaired) electrons. The molecule has 5 aliphatic heterocycles. The van der Waals surface area contributed by atoms with Gasteiger partial charge in [0.2, 0.25) is 5.82 Å². The van der Waals surface area contributed by atoms with Crippen molar-refractivity contribution in [1.82, 2.24) is 38.7 Å². The minimum Gasteiger partial charge on any atom is -0.444 e. The number of benzene rings is 5. The summed E-state index contributed by atoms with van der Waals surface area (Å²) in [7, 11) is -0.417. The fourth-order valence-electron chi connectivity index (χ4n) is 12.6. The van der Waals surface area contributed by atoms with Crippen molar-refractivity contribution in [2.75, 3.05) is 68.7 Å². The van der Waals surface area contributed by atoms with Crippen LogP contribution < -0.4 is 21.8 Å². The molecule has 5 aromatic carbocycles. The maximum Gasteiger partial charge on any atom is 0.494 e. The number of anilines is 3. The number of fused-ring (bicyclic) bond motifs is 2. The lowest BCUT2D eigenvalue weighted by molar-refractivity contribution is -0.387. The molecule has 5 fully saturated rings. The molecule has 7 aromatic rings. The van der Waals surface area contributed by atoms with E-state index < -0.39 is 50.9 Å². The Hall–Kier alpha value is -7.85. The second-order valence-electron chi connectivity index (χ2n) is 32.4. The number of carbonyl (C=O) groups is 4. The quantitative estimate of drug-likeness (QED) is 0.0397. The summed E-state index contributed by atoms with van der Waals surface area (Å²) < 4.78 is 54.6. The number of likely N-dealkylation sites (tertiary alicyclic amines) is 4. The Labute approximate surface area is 670 Å². The third kappa shape index (κ3) is 24.1. The molecule has 2 aromatic heterocycles. The number of carbonyl (C=O) groups excluding carboxylic acids is 4. The molecule has 5 aliphatic rings. The predicted molar refractivity (Wildman–Crippen MR) is 435 cm³/mol. The topological polar surface area (TPSA) is 309 Å². The second kappa shape index (κ2) is 35.2. The van der Waals surface area contributed by atoms with Gasteiger partial charge in [-0.05, 0) is 229 Å². The van der Waals surface area contributed by atoms with Gasteiger partial charge in [0.25, 0.3) is 5.69 Å². The Kier molecular flexibility index (Phi) is 28.0. The Balaban J connectivity index is 0.000000176. The van der Waals surface area contributed by atoms with Gasteiger partial charge in [0.05, 0.1) is 66.6 Å². The first-order valence-electron chi connectivity index (χ1n) is 36.0. The fourth-order valence-corrected chi connectivity index (χ4v) is 14.0. The standard InChI is InChI=1S/C23H34BN3O4.C17H22BrN3O2.C15H20BrN3O4.C15H22BrN3O2.C6H3BrFNO2/c1-15-25-18-10-9-16(24-30-22(5,6)23(7,8)31-24)13-19(18)27(15)17-11-12-26(14-17)20(28)29-21(2,3)4;1-11-19-14-6-5-12(18)9-15(14)21(11)13-7-8-20(10-13)16(22)23-17(2,3)4;1-15(2,3)23-14(20)18-7-6-11(9-18)17-12-8-10(16)4-5-13(12)19(21)22;1-15(2,3)21-14(20)19-7-6-11(9-19)18-13-8-10(16)4-5-12(13)17;7-4-1-2-6(9(10)11)5(8)3-4/h9-10,13,17H,11-12,14H2,1-8H3;5-6,9,13H,7-8,10H2,1-4H3;4-5,8,11,17H,6-7,9H2,1-3H3;4-5,8,11,18H,6-7,9,17H2,1-3H3;1-3H/t17-;13-;2*11-;/m1111./s1. The van der Waals surface area contributed by atoms with Crippen molar-refractivity contribution in [3.05, 3.63) is 147 Å². The number of amides is 4. The minimum absolute atomic E-state index is 0.0175. The minimum atomic E-state index is -0.829. The summed E-state index contributed by atoms with van der Waals surface area (Å²) in [5.74, 6) is 1.09. The molecule has 27 nitrogen and oxygen atoms in total. The summed E-state index contributed by atoms with van der Waals surface area (Å²) in [6.45, 7) is 39.7. The van der Waals surface area contributed by atoms with Gasteiger partial charge < -0.3 is 73.4 Å². The number of nitrogens with one attached hydrogen (secondary N) is 2. The molecule has 0 spiro atoms. The molecular formula is C76H101BBr4FN13O14. The highest BCUT2D eigenvalue weighted by Gasteiger charge is 2.52. The van der Waals surface area contributed by atoms with E-state index in [2.05, 4.69) is 128 Å². The van der Waals surface area contributed by atoms with Crippen LogP contribution in [0.5, 0.6) is 0 Å². The maximum absolute atomic E-state index is 12.6. The molecule has 109 heavy (non-hydrogen) atoms. The van der Waals surface area contributed by atoms with Gasteiger partial charge >= 0.3 is 37.2 Å². The largest absolute Gasteiger partial charge is 0.494 e. The van der Waals surface area contributed by atoms with Crippen molar-refractivity contribution >= 4 is 151 Å². The van der Waals surface area contributed by atoms with E-state index in [0.717, 1.165) is 89.7 Å². The van der Waals surface area contributed by atoms with Gasteiger partial charge in [-0.1, -0.05) is 69.8 Å². The van der Waals surface area contributed by atoms with Crippen LogP contribution in [0.15, 0.2) is 109 Å². The van der Waals surface area contributed by atoms with E-state index in [9.17, 15) is 43.8 Å². The van der Waals surface area contributed by atoms with E-state index >= 15 is 0 Å². The molecule has 7 heterocycles. The lowest BCUT2D eigenvalue weighted by atomic mass is 9.79. The second-order valence-corrected chi connectivity index (χ2v) is 36.0. The highest BCUT2D eigenvalue weighted by atomic mass is 79.9. The van der Waals surface area contributed by atoms with Crippen molar-refractivity contribution in [1.29, 1.82) is 0 Å². The van der Waals surface area contributed by atoms with Crippen LogP contribution in [0.25, 0.3) is 22.1 Å². The number of nitro groups is 2. The summed E-state index contributed by atoms with van der Waals surface area (Å²) >= 11 is 13.3. The molecule has 0 aliphatic carbocycles. The monoisotopic (exact) mass is 1770 g/mol. The lowest BCUT2D eigenvalue weighted by Gasteiger charge is -2.32. The number of hydrogen-bond acceptors (Lipinski definition) is 19. The van der Waals surface area contributed by atoms with E-state index in [-0.39, 0.29) is 65.4 Å². The number of halogens is 5. The molecule has 0 unspecified atom stereocenters. The Morgan fingerprint density at radius 1 is 0.514 bits per heavy atom. The van der Waals surface area contributed by atoms with Gasteiger partial charge in [-0.2, -0.15) is 4.39 Å². The van der Waals surface area contributed by atoms with E-state index in [1.54, 1.807) is 31.7 Å². The highest BCUT2D eigenvalue weighted by molar-refractivity contribution is 9.11. The van der Waals surface area contributed by atoms with E-state index in [4.69, 9.17) is 39.0 Å². The molecule has 4 amide bonds. The molecule has 592 valence electrons. The molecule has 12 rings (SSSR count). The van der Waals surface area contributed by atoms with E-state index in [1.165, 1.54) is 12.1 Å². The number of rotatable bonds is 9. The van der Waals surface area contributed by atoms with Gasteiger partial charge in [-0.15, -0.1) is 0 Å². The smallest absolute Gasteiger partial charge is 0.444 e. The number of imidazole rings is 2. The first-order chi connectivity index (χ1) is 50.5. The number of ether oxygens (including phenoxy) is 4. The maximum atomic E-state index is 12.6. The van der Waals surface area contributed by atoms with Gasteiger partial charge in [0.1, 0.15) is 39.7 Å². The van der Waals surface area contributed by atoms with Crippen LogP contribution in [0.2, 0.25) is 0 Å². The molecule has 4 N–H and O–H groups in total. The molecule has 0 saturated carbocycles. The molecule has 4 atom stereocenters. The number of nitro benzene ring substituents is 2. The molecule has 33 heteroatoms. The average molecular weight is 1770 g/mol. The van der Waals surface area contributed by atoms with Crippen molar-refractivity contribution in [2.45, 2.75) is 208 Å². The number of hydrogen-bond donors (Lipinski definition) is 3. The molecule has 5 saturated heterocycles. The third-order valence-corrected chi connectivity index (χ3v) is 20.3. The van der Waals surface area contributed by atoms with E-state index in [0.29, 0.717) is 74.6 Å². The summed E-state index contributed by atoms with van der Waals surface area (Å²) in [6.07, 6.45) is 2.27. The van der Waals surface area contributed by atoms with Crippen LogP contribution in [-0.4, -0.2) is 178 Å². The summed E-state index contributed by atoms with van der Waals surface area (Å²) in [5.41, 5.74) is 9.83. The number of nitrogens with zero attached hydrogens (tertiary/aromatic N) is 10. The predicted octanol–water partition coefficient (Wildman–Crippen LogP) is 17.8. The Morgan fingerprint density at radius 2 is 0.862 bits per heavy atom. The summed E-state index contributed by atoms with van der Waals surface area (Å²) in [5, 5.41) is 27.7. The first-order valence-corrected chi connectivity index (χ1v) is 39.2. The molecule has 0 bridgehead atoms. The van der Waals surface area contributed by atoms with Crippen molar-refractivity contribution in [3.63, 3.8) is 0 Å². The first kappa shape index (κ1) is 86.7. The number of aromatic nitrogens is 4. The van der Waals surface area contributed by atoms with Crippen LogP contribution in [0.3, 0.4) is 0 Å². The van der Waals surface area contributed by atoms with Gasteiger partial charge in [0.15, 0.2) is 0 Å². The van der Waals surface area contributed by atoms with Crippen LogP contribution in [0, 0.1) is 39.9 Å². The number of nitrogen functional groups attached to an aromatic ring is 1. The van der Waals surface area contributed by atoms with Gasteiger partial charge in [-0.25, -0.2) is 29.1 Å². The number of aryl methyl sites for hydroxylation is 2. The van der Waals surface area contributed by atoms with Crippen LogP contribution in [-0.2, 0) is 28.3 Å². The van der Waals surface area contributed by atoms with Crippen LogP contribution in [0.4, 0.5) is 52.0 Å².